The molecule has 1 aliphatic carbocycles. The standard InChI is InChI=1S/C21H24N2O6S2/c24-21(23-7-9-27-10-8-23)19-15-3-1-2-4-18(15)30-20(19)22-31(25,26)14-5-6-16-17(13-14)29-12-11-28-16/h5-6,13,22H,1-4,7-12H2. The van der Waals surface area contributed by atoms with Gasteiger partial charge in [0.1, 0.15) is 18.2 Å². The van der Waals surface area contributed by atoms with Crippen LogP contribution in [0, 0.1) is 0 Å². The van der Waals surface area contributed by atoms with Gasteiger partial charge in [-0.05, 0) is 43.4 Å². The molecule has 10 heteroatoms. The van der Waals surface area contributed by atoms with Crippen molar-refractivity contribution in [3.05, 3.63) is 34.2 Å². The summed E-state index contributed by atoms with van der Waals surface area (Å²) in [6.07, 6.45) is 3.71. The summed E-state index contributed by atoms with van der Waals surface area (Å²) in [6, 6.07) is 4.56. The molecule has 1 N–H and O–H groups in total. The Morgan fingerprint density at radius 3 is 2.55 bits per heavy atom. The lowest BCUT2D eigenvalue weighted by atomic mass is 9.95. The fraction of sp³-hybridized carbons (Fsp3) is 0.476. The second kappa shape index (κ2) is 8.33. The van der Waals surface area contributed by atoms with Crippen molar-refractivity contribution < 1.29 is 27.4 Å². The van der Waals surface area contributed by atoms with Crippen molar-refractivity contribution in [3.63, 3.8) is 0 Å². The molecule has 2 aliphatic heterocycles. The molecule has 0 bridgehead atoms. The van der Waals surface area contributed by atoms with Crippen molar-refractivity contribution in [2.75, 3.05) is 44.2 Å². The first-order valence-corrected chi connectivity index (χ1v) is 12.8. The molecule has 166 valence electrons. The second-order valence-corrected chi connectivity index (χ2v) is 10.5. The van der Waals surface area contributed by atoms with E-state index in [1.54, 1.807) is 11.0 Å². The van der Waals surface area contributed by atoms with Gasteiger partial charge in [0.15, 0.2) is 11.5 Å². The van der Waals surface area contributed by atoms with E-state index in [1.165, 1.54) is 23.5 Å². The number of benzene rings is 1. The van der Waals surface area contributed by atoms with Gasteiger partial charge < -0.3 is 19.1 Å². The van der Waals surface area contributed by atoms with Crippen LogP contribution in [0.5, 0.6) is 11.5 Å². The molecule has 3 aliphatic rings. The molecular weight excluding hydrogens is 440 g/mol. The third-order valence-corrected chi connectivity index (χ3v) is 8.42. The minimum Gasteiger partial charge on any atom is -0.486 e. The van der Waals surface area contributed by atoms with E-state index in [4.69, 9.17) is 14.2 Å². The van der Waals surface area contributed by atoms with Crippen molar-refractivity contribution in [1.82, 2.24) is 4.90 Å². The lowest BCUT2D eigenvalue weighted by molar-refractivity contribution is 0.0303. The van der Waals surface area contributed by atoms with Crippen LogP contribution in [0.15, 0.2) is 23.1 Å². The number of aryl methyl sites for hydroxylation is 1. The van der Waals surface area contributed by atoms with Gasteiger partial charge in [-0.3, -0.25) is 9.52 Å². The van der Waals surface area contributed by atoms with Gasteiger partial charge in [-0.1, -0.05) is 0 Å². The first kappa shape index (κ1) is 20.6. The molecule has 1 fully saturated rings. The van der Waals surface area contributed by atoms with E-state index in [0.29, 0.717) is 61.6 Å². The highest BCUT2D eigenvalue weighted by Crippen LogP contribution is 2.40. The average molecular weight is 465 g/mol. The molecule has 0 unspecified atom stereocenters. The summed E-state index contributed by atoms with van der Waals surface area (Å²) < 4.78 is 45.5. The smallest absolute Gasteiger partial charge is 0.262 e. The van der Waals surface area contributed by atoms with E-state index < -0.39 is 10.0 Å². The maximum atomic E-state index is 13.4. The molecule has 0 atom stereocenters. The number of nitrogens with zero attached hydrogens (tertiary/aromatic N) is 1. The quantitative estimate of drug-likeness (QED) is 0.748. The molecule has 0 radical (unpaired) electrons. The number of hydrogen-bond acceptors (Lipinski definition) is 7. The summed E-state index contributed by atoms with van der Waals surface area (Å²) in [4.78, 5) is 16.3. The zero-order chi connectivity index (χ0) is 21.4. The molecule has 0 saturated carbocycles. The van der Waals surface area contributed by atoms with Crippen molar-refractivity contribution in [3.8, 4) is 11.5 Å². The minimum absolute atomic E-state index is 0.0768. The summed E-state index contributed by atoms with van der Waals surface area (Å²) in [5, 5.41) is 0.401. The van der Waals surface area contributed by atoms with E-state index in [9.17, 15) is 13.2 Å². The topological polar surface area (TPSA) is 94.2 Å². The van der Waals surface area contributed by atoms with Crippen LogP contribution < -0.4 is 14.2 Å². The number of hydrogen-bond donors (Lipinski definition) is 1. The summed E-state index contributed by atoms with van der Waals surface area (Å²) in [5.41, 5.74) is 1.50. The molecule has 1 saturated heterocycles. The highest BCUT2D eigenvalue weighted by atomic mass is 32.2. The fourth-order valence-corrected chi connectivity index (χ4v) is 6.76. The highest BCUT2D eigenvalue weighted by molar-refractivity contribution is 7.93. The number of amides is 1. The predicted octanol–water partition coefficient (Wildman–Crippen LogP) is 2.67. The SMILES string of the molecule is O=C(c1c(NS(=O)(=O)c2ccc3c(c2)OCCO3)sc2c1CCCC2)N1CCOCC1. The lowest BCUT2D eigenvalue weighted by Gasteiger charge is -2.27. The monoisotopic (exact) mass is 464 g/mol. The molecular formula is C21H24N2O6S2. The number of anilines is 1. The van der Waals surface area contributed by atoms with Gasteiger partial charge in [0.2, 0.25) is 0 Å². The Labute approximate surface area is 185 Å². The number of morpholine rings is 1. The first-order chi connectivity index (χ1) is 15.0. The van der Waals surface area contributed by atoms with Gasteiger partial charge in [-0.2, -0.15) is 0 Å². The Morgan fingerprint density at radius 1 is 1.00 bits per heavy atom. The van der Waals surface area contributed by atoms with E-state index in [1.807, 2.05) is 0 Å². The van der Waals surface area contributed by atoms with Gasteiger partial charge in [0.25, 0.3) is 15.9 Å². The molecule has 2 aromatic rings. The van der Waals surface area contributed by atoms with Crippen LogP contribution in [-0.2, 0) is 27.6 Å². The van der Waals surface area contributed by atoms with Crippen LogP contribution in [-0.4, -0.2) is 58.7 Å². The van der Waals surface area contributed by atoms with Crippen LogP contribution in [0.3, 0.4) is 0 Å². The molecule has 5 rings (SSSR count). The Morgan fingerprint density at radius 2 is 1.74 bits per heavy atom. The van der Waals surface area contributed by atoms with Gasteiger partial charge >= 0.3 is 0 Å². The van der Waals surface area contributed by atoms with Crippen LogP contribution in [0.25, 0.3) is 0 Å². The maximum Gasteiger partial charge on any atom is 0.262 e. The number of sulfonamides is 1. The van der Waals surface area contributed by atoms with Gasteiger partial charge in [-0.25, -0.2) is 8.42 Å². The summed E-state index contributed by atoms with van der Waals surface area (Å²) in [7, 11) is -3.90. The Balaban J connectivity index is 1.49. The predicted molar refractivity (Wildman–Crippen MR) is 116 cm³/mol. The van der Waals surface area contributed by atoms with E-state index in [2.05, 4.69) is 4.72 Å². The summed E-state index contributed by atoms with van der Waals surface area (Å²) in [6.45, 7) is 2.83. The molecule has 31 heavy (non-hydrogen) atoms. The normalized spacial score (nSPS) is 18.4. The van der Waals surface area contributed by atoms with Crippen LogP contribution in [0.4, 0.5) is 5.00 Å². The maximum absolute atomic E-state index is 13.4. The van der Waals surface area contributed by atoms with Crippen LogP contribution in [0.2, 0.25) is 0 Å². The van der Waals surface area contributed by atoms with Gasteiger partial charge in [0.05, 0.1) is 23.7 Å². The van der Waals surface area contributed by atoms with Crippen molar-refractivity contribution in [2.24, 2.45) is 0 Å². The van der Waals surface area contributed by atoms with Crippen molar-refractivity contribution >= 4 is 32.3 Å². The van der Waals surface area contributed by atoms with Gasteiger partial charge in [0, 0.05) is 24.0 Å². The van der Waals surface area contributed by atoms with E-state index in [0.717, 1.165) is 36.1 Å². The van der Waals surface area contributed by atoms with Gasteiger partial charge in [-0.15, -0.1) is 11.3 Å². The molecule has 3 heterocycles. The van der Waals surface area contributed by atoms with E-state index >= 15 is 0 Å². The minimum atomic E-state index is -3.90. The molecule has 1 aromatic heterocycles. The number of carbonyl (C=O) groups is 1. The third kappa shape index (κ3) is 3.99. The number of thiophene rings is 1. The number of rotatable bonds is 4. The highest BCUT2D eigenvalue weighted by Gasteiger charge is 2.31. The Kier molecular flexibility index (Phi) is 5.53. The third-order valence-electron chi connectivity index (χ3n) is 5.73. The Hall–Kier alpha value is -2.30. The van der Waals surface area contributed by atoms with Crippen LogP contribution in [0.1, 0.15) is 33.6 Å². The number of ether oxygens (including phenoxy) is 3. The molecule has 8 nitrogen and oxygen atoms in total. The summed E-state index contributed by atoms with van der Waals surface area (Å²) >= 11 is 1.38. The molecule has 0 spiro atoms. The second-order valence-electron chi connectivity index (χ2n) is 7.73. The first-order valence-electron chi connectivity index (χ1n) is 10.5. The average Bonchev–Trinajstić information content (AvgIpc) is 3.16. The lowest BCUT2D eigenvalue weighted by Crippen LogP contribution is -2.41. The largest absolute Gasteiger partial charge is 0.486 e. The molecule has 1 amide bonds. The zero-order valence-electron chi connectivity index (χ0n) is 17.0. The van der Waals surface area contributed by atoms with Crippen molar-refractivity contribution in [1.29, 1.82) is 0 Å². The van der Waals surface area contributed by atoms with E-state index in [-0.39, 0.29) is 10.8 Å². The Bertz CT molecular complexity index is 1110. The zero-order valence-corrected chi connectivity index (χ0v) is 18.6. The number of carbonyl (C=O) groups excluding carboxylic acids is 1. The number of fused-ring (bicyclic) bond motifs is 2. The van der Waals surface area contributed by atoms with Crippen molar-refractivity contribution in [2.45, 2.75) is 30.6 Å². The fourth-order valence-electron chi connectivity index (χ4n) is 4.16. The summed E-state index contributed by atoms with van der Waals surface area (Å²) in [5.74, 6) is 0.812. The number of nitrogens with one attached hydrogen (secondary N) is 1. The molecule has 1 aromatic carbocycles. The van der Waals surface area contributed by atoms with Crippen LogP contribution >= 0.6 is 11.3 Å².